The van der Waals surface area contributed by atoms with Crippen LogP contribution in [0, 0.1) is 6.92 Å². The molecule has 1 aliphatic rings. The summed E-state index contributed by atoms with van der Waals surface area (Å²) in [6.45, 7) is 14.1. The number of aromatic nitrogens is 2. The molecule has 0 radical (unpaired) electrons. The van der Waals surface area contributed by atoms with Crippen LogP contribution in [0.1, 0.15) is 53.4 Å². The average Bonchev–Trinajstić information content (AvgIpc) is 2.90. The summed E-state index contributed by atoms with van der Waals surface area (Å²) in [5.74, 6) is 0.831. The smallest absolute Gasteiger partial charge is 0.423 e. The number of rotatable bonds is 3. The van der Waals surface area contributed by atoms with E-state index in [2.05, 4.69) is 23.4 Å². The largest absolute Gasteiger partial charge is 0.494 e. The monoisotopic (exact) mass is 344 g/mol. The first-order chi connectivity index (χ1) is 11.4. The van der Waals surface area contributed by atoms with E-state index >= 15 is 0 Å². The molecule has 0 amide bonds. The summed E-state index contributed by atoms with van der Waals surface area (Å²) in [5.41, 5.74) is 1.66. The number of hydrogen-bond acceptors (Lipinski definition) is 5. The molecule has 0 aliphatic carbocycles. The first-order valence-corrected chi connectivity index (χ1v) is 8.69. The Bertz CT molecular complexity index is 799. The molecule has 1 fully saturated rings. The van der Waals surface area contributed by atoms with E-state index in [0.717, 1.165) is 16.8 Å². The molecule has 0 saturated carbocycles. The highest BCUT2D eigenvalue weighted by molar-refractivity contribution is 6.66. The van der Waals surface area contributed by atoms with Gasteiger partial charge in [-0.25, -0.2) is 4.98 Å². The summed E-state index contributed by atoms with van der Waals surface area (Å²) in [5, 5.41) is 19.7. The van der Waals surface area contributed by atoms with Crippen LogP contribution in [-0.2, 0) is 9.31 Å². The summed E-state index contributed by atoms with van der Waals surface area (Å²) in [6, 6.07) is 3.89. The lowest BCUT2D eigenvalue weighted by Crippen LogP contribution is -2.41. The Kier molecular flexibility index (Phi) is 4.31. The molecule has 0 unspecified atom stereocenters. The average molecular weight is 344 g/mol. The number of imidazole rings is 1. The molecule has 0 spiro atoms. The molecule has 25 heavy (non-hydrogen) atoms. The van der Waals surface area contributed by atoms with Crippen LogP contribution < -0.4 is 10.9 Å². The van der Waals surface area contributed by atoms with Crippen LogP contribution in [0.3, 0.4) is 0 Å². The maximum Gasteiger partial charge on any atom is 0.494 e. The van der Waals surface area contributed by atoms with Crippen molar-refractivity contribution >= 4 is 36.2 Å². The molecule has 0 bridgehead atoms. The van der Waals surface area contributed by atoms with Crippen molar-refractivity contribution in [1.29, 1.82) is 0 Å². The quantitative estimate of drug-likeness (QED) is 0.810. The molecule has 1 aromatic carbocycles. The van der Waals surface area contributed by atoms with Gasteiger partial charge in [0.2, 0.25) is 0 Å². The third-order valence-corrected chi connectivity index (χ3v) is 5.34. The zero-order valence-corrected chi connectivity index (χ0v) is 16.0. The van der Waals surface area contributed by atoms with Gasteiger partial charge in [0.25, 0.3) is 0 Å². The van der Waals surface area contributed by atoms with E-state index in [1.54, 1.807) is 6.07 Å². The fourth-order valence-electron chi connectivity index (χ4n) is 3.32. The molecule has 1 aromatic heterocycles. The zero-order valence-electron chi connectivity index (χ0n) is 16.0. The standard InChI is InChI=1S/C17H26B2N2O4/c1-10(2)21-11(3)20-15-13(18(22)23)8-12(9-14(15)21)19-24-16(4,5)17(6,7)25-19/h8-10,22-23H,1-7H3. The second-order valence-corrected chi connectivity index (χ2v) is 8.06. The van der Waals surface area contributed by atoms with Crippen molar-refractivity contribution in [3.05, 3.63) is 18.0 Å². The van der Waals surface area contributed by atoms with Gasteiger partial charge in [-0.2, -0.15) is 0 Å². The highest BCUT2D eigenvalue weighted by atomic mass is 16.7. The van der Waals surface area contributed by atoms with E-state index in [9.17, 15) is 10.0 Å². The fraction of sp³-hybridized carbons (Fsp3) is 0.588. The van der Waals surface area contributed by atoms with Crippen molar-refractivity contribution in [2.45, 2.75) is 65.7 Å². The number of nitrogens with zero attached hydrogens (tertiary/aromatic N) is 2. The van der Waals surface area contributed by atoms with Crippen LogP contribution in [0.25, 0.3) is 11.0 Å². The van der Waals surface area contributed by atoms with Gasteiger partial charge < -0.3 is 23.9 Å². The van der Waals surface area contributed by atoms with Gasteiger partial charge in [0.05, 0.1) is 22.2 Å². The van der Waals surface area contributed by atoms with Gasteiger partial charge in [0.1, 0.15) is 5.82 Å². The lowest BCUT2D eigenvalue weighted by Gasteiger charge is -2.32. The highest BCUT2D eigenvalue weighted by Crippen LogP contribution is 2.36. The first-order valence-electron chi connectivity index (χ1n) is 8.69. The van der Waals surface area contributed by atoms with Crippen molar-refractivity contribution in [3.8, 4) is 0 Å². The molecule has 0 atom stereocenters. The van der Waals surface area contributed by atoms with Gasteiger partial charge >= 0.3 is 14.2 Å². The fourth-order valence-corrected chi connectivity index (χ4v) is 3.32. The Balaban J connectivity index is 2.19. The van der Waals surface area contributed by atoms with Crippen LogP contribution in [0.4, 0.5) is 0 Å². The summed E-state index contributed by atoms with van der Waals surface area (Å²) >= 11 is 0. The van der Waals surface area contributed by atoms with Gasteiger partial charge in [-0.3, -0.25) is 0 Å². The van der Waals surface area contributed by atoms with E-state index in [4.69, 9.17) is 9.31 Å². The number of hydrogen-bond donors (Lipinski definition) is 2. The number of fused-ring (bicyclic) bond motifs is 1. The summed E-state index contributed by atoms with van der Waals surface area (Å²) in [4.78, 5) is 4.54. The van der Waals surface area contributed by atoms with Crippen molar-refractivity contribution in [1.82, 2.24) is 9.55 Å². The first kappa shape index (κ1) is 18.5. The molecule has 2 heterocycles. The molecule has 2 N–H and O–H groups in total. The van der Waals surface area contributed by atoms with Crippen molar-refractivity contribution in [3.63, 3.8) is 0 Å². The summed E-state index contributed by atoms with van der Waals surface area (Å²) in [6.07, 6.45) is 0. The van der Waals surface area contributed by atoms with Gasteiger partial charge in [-0.05, 0) is 60.0 Å². The Morgan fingerprint density at radius 1 is 1.12 bits per heavy atom. The molecule has 134 valence electrons. The van der Waals surface area contributed by atoms with Crippen molar-refractivity contribution < 1.29 is 19.4 Å². The molecule has 8 heteroatoms. The molecular formula is C17H26B2N2O4. The van der Waals surface area contributed by atoms with Crippen LogP contribution in [-0.4, -0.2) is 45.0 Å². The second kappa shape index (κ2) is 5.84. The maximum atomic E-state index is 9.86. The molecule has 6 nitrogen and oxygen atoms in total. The van der Waals surface area contributed by atoms with E-state index in [1.165, 1.54) is 0 Å². The number of aryl methyl sites for hydroxylation is 1. The van der Waals surface area contributed by atoms with Gasteiger partial charge in [0.15, 0.2) is 0 Å². The van der Waals surface area contributed by atoms with Gasteiger partial charge in [-0.15, -0.1) is 0 Å². The van der Waals surface area contributed by atoms with E-state index in [0.29, 0.717) is 11.0 Å². The highest BCUT2D eigenvalue weighted by Gasteiger charge is 2.52. The predicted octanol–water partition coefficient (Wildman–Crippen LogP) is 0.905. The van der Waals surface area contributed by atoms with E-state index in [1.807, 2.05) is 40.7 Å². The van der Waals surface area contributed by atoms with E-state index < -0.39 is 25.4 Å². The minimum atomic E-state index is -1.61. The van der Waals surface area contributed by atoms with Crippen LogP contribution in [0.2, 0.25) is 0 Å². The Hall–Kier alpha value is -1.34. The lowest BCUT2D eigenvalue weighted by molar-refractivity contribution is 0.00578. The van der Waals surface area contributed by atoms with Crippen LogP contribution in [0.15, 0.2) is 12.1 Å². The minimum Gasteiger partial charge on any atom is -0.423 e. The van der Waals surface area contributed by atoms with Gasteiger partial charge in [0, 0.05) is 11.5 Å². The molecular weight excluding hydrogens is 318 g/mol. The zero-order chi connectivity index (χ0) is 18.7. The third-order valence-electron chi connectivity index (χ3n) is 5.34. The number of benzene rings is 1. The molecule has 3 rings (SSSR count). The Morgan fingerprint density at radius 2 is 1.68 bits per heavy atom. The van der Waals surface area contributed by atoms with Crippen LogP contribution in [0.5, 0.6) is 0 Å². The predicted molar refractivity (Wildman–Crippen MR) is 100 cm³/mol. The summed E-state index contributed by atoms with van der Waals surface area (Å²) in [7, 11) is -2.18. The molecule has 2 aromatic rings. The molecule has 1 aliphatic heterocycles. The van der Waals surface area contributed by atoms with Crippen molar-refractivity contribution in [2.24, 2.45) is 0 Å². The van der Waals surface area contributed by atoms with Crippen molar-refractivity contribution in [2.75, 3.05) is 0 Å². The second-order valence-electron chi connectivity index (χ2n) is 8.06. The third kappa shape index (κ3) is 2.91. The minimum absolute atomic E-state index is 0.197. The topological polar surface area (TPSA) is 76.7 Å². The molecule has 1 saturated heterocycles. The SMILES string of the molecule is Cc1nc2c(B(O)O)cc(B3OC(C)(C)C(C)(C)O3)cc2n1C(C)C. The Labute approximate surface area is 149 Å². The van der Waals surface area contributed by atoms with Gasteiger partial charge in [-0.1, -0.05) is 6.07 Å². The van der Waals surface area contributed by atoms with E-state index in [-0.39, 0.29) is 6.04 Å². The summed E-state index contributed by atoms with van der Waals surface area (Å²) < 4.78 is 14.3. The lowest BCUT2D eigenvalue weighted by atomic mass is 9.71. The maximum absolute atomic E-state index is 9.86. The normalized spacial score (nSPS) is 19.2. The Morgan fingerprint density at radius 3 is 2.16 bits per heavy atom. The van der Waals surface area contributed by atoms with Crippen LogP contribution >= 0.6 is 0 Å².